The molecule has 0 aliphatic carbocycles. The summed E-state index contributed by atoms with van der Waals surface area (Å²) in [5.74, 6) is 0.463. The van der Waals surface area contributed by atoms with E-state index in [0.29, 0.717) is 13.0 Å². The number of hydrogen-bond acceptors (Lipinski definition) is 3. The lowest BCUT2D eigenvalue weighted by Gasteiger charge is -2.22. The molecule has 1 aromatic rings. The second-order valence-corrected chi connectivity index (χ2v) is 6.06. The first-order valence-corrected chi connectivity index (χ1v) is 8.12. The highest BCUT2D eigenvalue weighted by Crippen LogP contribution is 2.22. The van der Waals surface area contributed by atoms with Gasteiger partial charge in [-0.2, -0.15) is 0 Å². The number of carbonyl (C=O) groups is 2. The number of carbonyl (C=O) groups excluding carboxylic acids is 2. The lowest BCUT2D eigenvalue weighted by Crippen LogP contribution is -2.37. The predicted molar refractivity (Wildman–Crippen MR) is 85.5 cm³/mol. The Labute approximate surface area is 131 Å². The van der Waals surface area contributed by atoms with Gasteiger partial charge in [0.05, 0.1) is 0 Å². The minimum atomic E-state index is 0.129. The summed E-state index contributed by atoms with van der Waals surface area (Å²) in [6, 6.07) is 7.91. The van der Waals surface area contributed by atoms with Gasteiger partial charge in [-0.05, 0) is 50.0 Å². The van der Waals surface area contributed by atoms with Gasteiger partial charge < -0.3 is 15.5 Å². The normalized spacial score (nSPS) is 19.5. The van der Waals surface area contributed by atoms with Crippen molar-refractivity contribution in [2.24, 2.45) is 5.92 Å². The maximum absolute atomic E-state index is 12.2. The fourth-order valence-electron chi connectivity index (χ4n) is 3.17. The van der Waals surface area contributed by atoms with Gasteiger partial charge in [0.15, 0.2) is 0 Å². The van der Waals surface area contributed by atoms with Gasteiger partial charge in [-0.25, -0.2) is 0 Å². The van der Waals surface area contributed by atoms with Crippen LogP contribution in [-0.2, 0) is 16.1 Å². The van der Waals surface area contributed by atoms with Crippen LogP contribution in [0, 0.1) is 5.92 Å². The molecular formula is C17H23N3O2. The van der Waals surface area contributed by atoms with Gasteiger partial charge in [0.1, 0.15) is 0 Å². The lowest BCUT2D eigenvalue weighted by atomic mass is 9.97. The smallest absolute Gasteiger partial charge is 0.227 e. The van der Waals surface area contributed by atoms with E-state index < -0.39 is 0 Å². The Morgan fingerprint density at radius 3 is 2.86 bits per heavy atom. The Kier molecular flexibility index (Phi) is 4.73. The quantitative estimate of drug-likeness (QED) is 0.884. The number of piperidine rings is 1. The van der Waals surface area contributed by atoms with Crippen LogP contribution >= 0.6 is 0 Å². The van der Waals surface area contributed by atoms with Crippen molar-refractivity contribution < 1.29 is 9.59 Å². The minimum absolute atomic E-state index is 0.129. The van der Waals surface area contributed by atoms with Crippen molar-refractivity contribution in [1.29, 1.82) is 0 Å². The van der Waals surface area contributed by atoms with Crippen LogP contribution in [-0.4, -0.2) is 31.4 Å². The molecule has 2 saturated heterocycles. The summed E-state index contributed by atoms with van der Waals surface area (Å²) in [5.41, 5.74) is 1.98. The molecule has 2 aliphatic heterocycles. The molecule has 0 spiro atoms. The molecule has 2 aliphatic rings. The van der Waals surface area contributed by atoms with Crippen molar-refractivity contribution in [2.75, 3.05) is 24.5 Å². The van der Waals surface area contributed by atoms with Gasteiger partial charge in [-0.3, -0.25) is 9.59 Å². The van der Waals surface area contributed by atoms with E-state index in [2.05, 4.69) is 10.6 Å². The van der Waals surface area contributed by atoms with Crippen LogP contribution < -0.4 is 15.5 Å². The predicted octanol–water partition coefficient (Wildman–Crippen LogP) is 1.43. The van der Waals surface area contributed by atoms with E-state index in [1.54, 1.807) is 0 Å². The number of anilines is 1. The van der Waals surface area contributed by atoms with Crippen molar-refractivity contribution >= 4 is 17.5 Å². The minimum Gasteiger partial charge on any atom is -0.352 e. The molecule has 2 amide bonds. The van der Waals surface area contributed by atoms with Gasteiger partial charge in [0.2, 0.25) is 11.8 Å². The third-order valence-corrected chi connectivity index (χ3v) is 4.47. The molecule has 0 saturated carbocycles. The van der Waals surface area contributed by atoms with Crippen molar-refractivity contribution in [1.82, 2.24) is 10.6 Å². The van der Waals surface area contributed by atoms with Gasteiger partial charge >= 0.3 is 0 Å². The third-order valence-electron chi connectivity index (χ3n) is 4.47. The Hall–Kier alpha value is -1.88. The number of nitrogens with zero attached hydrogens (tertiary/aromatic N) is 1. The molecule has 3 rings (SSSR count). The summed E-state index contributed by atoms with van der Waals surface area (Å²) in [5, 5.41) is 6.30. The van der Waals surface area contributed by atoms with Crippen molar-refractivity contribution in [2.45, 2.75) is 32.2 Å². The van der Waals surface area contributed by atoms with E-state index in [1.165, 1.54) is 0 Å². The highest BCUT2D eigenvalue weighted by atomic mass is 16.2. The average Bonchev–Trinajstić information content (AvgIpc) is 3.00. The first-order valence-electron chi connectivity index (χ1n) is 8.12. The van der Waals surface area contributed by atoms with E-state index >= 15 is 0 Å². The number of benzene rings is 1. The van der Waals surface area contributed by atoms with E-state index in [1.807, 2.05) is 29.2 Å². The molecular weight excluding hydrogens is 278 g/mol. The topological polar surface area (TPSA) is 61.4 Å². The van der Waals surface area contributed by atoms with Gasteiger partial charge in [-0.1, -0.05) is 12.1 Å². The van der Waals surface area contributed by atoms with Crippen LogP contribution in [0.5, 0.6) is 0 Å². The third kappa shape index (κ3) is 3.47. The number of hydrogen-bond donors (Lipinski definition) is 2. The fourth-order valence-corrected chi connectivity index (χ4v) is 3.17. The van der Waals surface area contributed by atoms with Crippen molar-refractivity contribution in [3.8, 4) is 0 Å². The van der Waals surface area contributed by atoms with E-state index in [9.17, 15) is 9.59 Å². The second-order valence-electron chi connectivity index (χ2n) is 6.06. The summed E-state index contributed by atoms with van der Waals surface area (Å²) in [7, 11) is 0. The highest BCUT2D eigenvalue weighted by molar-refractivity contribution is 5.95. The number of nitrogens with one attached hydrogen (secondary N) is 2. The highest BCUT2D eigenvalue weighted by Gasteiger charge is 2.22. The SMILES string of the molecule is O=C(NCc1cccc(N2CCCC2=O)c1)C1CCNCC1. The van der Waals surface area contributed by atoms with Crippen LogP contribution in [0.4, 0.5) is 5.69 Å². The molecule has 2 heterocycles. The fraction of sp³-hybridized carbons (Fsp3) is 0.529. The first kappa shape index (κ1) is 15.0. The van der Waals surface area contributed by atoms with Crippen molar-refractivity contribution in [3.63, 3.8) is 0 Å². The van der Waals surface area contributed by atoms with E-state index in [4.69, 9.17) is 0 Å². The molecule has 118 valence electrons. The molecule has 2 N–H and O–H groups in total. The largest absolute Gasteiger partial charge is 0.352 e. The molecule has 0 radical (unpaired) electrons. The van der Waals surface area contributed by atoms with Crippen LogP contribution in [0.15, 0.2) is 24.3 Å². The second kappa shape index (κ2) is 6.92. The zero-order chi connectivity index (χ0) is 15.4. The molecule has 5 nitrogen and oxygen atoms in total. The lowest BCUT2D eigenvalue weighted by molar-refractivity contribution is -0.126. The standard InChI is InChI=1S/C17H23N3O2/c21-16-5-2-10-20(16)15-4-1-3-13(11-15)12-19-17(22)14-6-8-18-9-7-14/h1,3-4,11,14,18H,2,5-10,12H2,(H,19,22). The zero-order valence-electron chi connectivity index (χ0n) is 12.8. The van der Waals surface area contributed by atoms with Gasteiger partial charge in [-0.15, -0.1) is 0 Å². The zero-order valence-corrected chi connectivity index (χ0v) is 12.8. The van der Waals surface area contributed by atoms with E-state index in [-0.39, 0.29) is 17.7 Å². The van der Waals surface area contributed by atoms with Gasteiger partial charge in [0.25, 0.3) is 0 Å². The summed E-state index contributed by atoms with van der Waals surface area (Å²) in [6.07, 6.45) is 3.38. The summed E-state index contributed by atoms with van der Waals surface area (Å²) in [4.78, 5) is 25.8. The van der Waals surface area contributed by atoms with Crippen LogP contribution in [0.1, 0.15) is 31.2 Å². The average molecular weight is 301 g/mol. The molecule has 5 heteroatoms. The summed E-state index contributed by atoms with van der Waals surface area (Å²) in [6.45, 7) is 3.16. The molecule has 0 bridgehead atoms. The first-order chi connectivity index (χ1) is 10.7. The number of rotatable bonds is 4. The Balaban J connectivity index is 1.58. The Bertz CT molecular complexity index is 553. The van der Waals surface area contributed by atoms with Crippen LogP contribution in [0.2, 0.25) is 0 Å². The van der Waals surface area contributed by atoms with Crippen molar-refractivity contribution in [3.05, 3.63) is 29.8 Å². The van der Waals surface area contributed by atoms with Gasteiger partial charge in [0, 0.05) is 31.1 Å². The monoisotopic (exact) mass is 301 g/mol. The molecule has 1 aromatic carbocycles. The molecule has 0 aromatic heterocycles. The number of amides is 2. The summed E-state index contributed by atoms with van der Waals surface area (Å²) < 4.78 is 0. The van der Waals surface area contributed by atoms with Crippen LogP contribution in [0.3, 0.4) is 0 Å². The molecule has 2 fully saturated rings. The Morgan fingerprint density at radius 1 is 1.32 bits per heavy atom. The Morgan fingerprint density at radius 2 is 2.14 bits per heavy atom. The summed E-state index contributed by atoms with van der Waals surface area (Å²) >= 11 is 0. The maximum Gasteiger partial charge on any atom is 0.227 e. The molecule has 22 heavy (non-hydrogen) atoms. The molecule has 0 unspecified atom stereocenters. The maximum atomic E-state index is 12.2. The van der Waals surface area contributed by atoms with E-state index in [0.717, 1.165) is 50.1 Å². The van der Waals surface area contributed by atoms with Crippen LogP contribution in [0.25, 0.3) is 0 Å². The molecule has 0 atom stereocenters.